The molecule has 0 spiro atoms. The summed E-state index contributed by atoms with van der Waals surface area (Å²) in [5.74, 6) is -3.12. The van der Waals surface area contributed by atoms with Gasteiger partial charge in [0.05, 0.1) is 5.69 Å². The van der Waals surface area contributed by atoms with Crippen molar-refractivity contribution < 1.29 is 19.8 Å². The van der Waals surface area contributed by atoms with E-state index in [4.69, 9.17) is 10.2 Å². The van der Waals surface area contributed by atoms with Gasteiger partial charge in [0.15, 0.2) is 0 Å². The van der Waals surface area contributed by atoms with E-state index in [1.165, 1.54) is 0 Å². The van der Waals surface area contributed by atoms with Crippen LogP contribution in [0.2, 0.25) is 0 Å². The molecule has 0 unspecified atom stereocenters. The maximum Gasteiger partial charge on any atom is 0.371 e. The first-order valence-corrected chi connectivity index (χ1v) is 5.81. The first kappa shape index (κ1) is 13.5. The number of carboxylic acids is 1. The first-order valence-electron chi connectivity index (χ1n) is 5.81. The average Bonchev–Trinajstić information content (AvgIpc) is 2.88. The number of carboxylic acid groups (broad SMARTS) is 1. The molecule has 2 heterocycles. The van der Waals surface area contributed by atoms with E-state index in [9.17, 15) is 9.59 Å². The SMILES string of the molecule is O=C(O)/C(O)=C/C(=O)c1cc(Cc2ccncc2)c[nH]1. The fourth-order valence-electron chi connectivity index (χ4n) is 1.68. The van der Waals surface area contributed by atoms with E-state index in [1.54, 1.807) is 24.7 Å². The Hall–Kier alpha value is -2.89. The largest absolute Gasteiger partial charge is 0.502 e. The van der Waals surface area contributed by atoms with Gasteiger partial charge in [0.25, 0.3) is 0 Å². The number of aromatic amines is 1. The van der Waals surface area contributed by atoms with Gasteiger partial charge in [-0.25, -0.2) is 4.79 Å². The Labute approximate surface area is 114 Å². The van der Waals surface area contributed by atoms with Crippen molar-refractivity contribution in [3.05, 3.63) is 65.4 Å². The Kier molecular flexibility index (Phi) is 3.95. The van der Waals surface area contributed by atoms with Crippen molar-refractivity contribution in [3.8, 4) is 0 Å². The smallest absolute Gasteiger partial charge is 0.371 e. The number of aromatic nitrogens is 2. The second-order valence-electron chi connectivity index (χ2n) is 4.15. The van der Waals surface area contributed by atoms with E-state index in [0.717, 1.165) is 11.1 Å². The number of hydrogen-bond donors (Lipinski definition) is 3. The molecule has 0 saturated carbocycles. The summed E-state index contributed by atoms with van der Waals surface area (Å²) in [6.07, 6.45) is 6.33. The molecule has 0 aliphatic rings. The summed E-state index contributed by atoms with van der Waals surface area (Å²) in [6.45, 7) is 0. The molecule has 0 bridgehead atoms. The molecule has 6 nitrogen and oxygen atoms in total. The molecule has 102 valence electrons. The first-order chi connectivity index (χ1) is 9.56. The third-order valence-corrected chi connectivity index (χ3v) is 2.65. The standard InChI is InChI=1S/C14H12N2O4/c17-12(7-13(18)14(19)20)11-6-10(8-16-11)5-9-1-3-15-4-2-9/h1-4,6-8,16,18H,5H2,(H,19,20)/b13-7-. The highest BCUT2D eigenvalue weighted by Crippen LogP contribution is 2.11. The fraction of sp³-hybridized carbons (Fsp3) is 0.0714. The molecule has 6 heteroatoms. The van der Waals surface area contributed by atoms with Crippen LogP contribution in [0.1, 0.15) is 21.6 Å². The van der Waals surface area contributed by atoms with Crippen molar-refractivity contribution in [2.24, 2.45) is 0 Å². The van der Waals surface area contributed by atoms with Gasteiger partial charge in [-0.2, -0.15) is 0 Å². The van der Waals surface area contributed by atoms with Crippen molar-refractivity contribution in [2.75, 3.05) is 0 Å². The molecule has 2 rings (SSSR count). The van der Waals surface area contributed by atoms with Crippen LogP contribution in [-0.4, -0.2) is 31.9 Å². The molecule has 0 aliphatic heterocycles. The highest BCUT2D eigenvalue weighted by molar-refractivity contribution is 6.06. The summed E-state index contributed by atoms with van der Waals surface area (Å²) < 4.78 is 0. The molecule has 3 N–H and O–H groups in total. The predicted octanol–water partition coefficient (Wildman–Crippen LogP) is 1.71. The van der Waals surface area contributed by atoms with Gasteiger partial charge < -0.3 is 15.2 Å². The number of ketones is 1. The molecule has 0 fully saturated rings. The number of allylic oxidation sites excluding steroid dienone is 1. The summed E-state index contributed by atoms with van der Waals surface area (Å²) in [5, 5.41) is 17.5. The van der Waals surface area contributed by atoms with Crippen molar-refractivity contribution in [1.29, 1.82) is 0 Å². The highest BCUT2D eigenvalue weighted by atomic mass is 16.4. The lowest BCUT2D eigenvalue weighted by Gasteiger charge is -1.96. The number of carbonyl (C=O) groups is 2. The van der Waals surface area contributed by atoms with Crippen molar-refractivity contribution >= 4 is 11.8 Å². The number of H-pyrrole nitrogens is 1. The van der Waals surface area contributed by atoms with Crippen LogP contribution in [0.5, 0.6) is 0 Å². The Morgan fingerprint density at radius 3 is 2.55 bits per heavy atom. The number of pyridine rings is 1. The normalized spacial score (nSPS) is 11.3. The summed E-state index contributed by atoms with van der Waals surface area (Å²) in [5.41, 5.74) is 2.14. The maximum absolute atomic E-state index is 11.7. The second kappa shape index (κ2) is 5.83. The third kappa shape index (κ3) is 3.32. The number of carbonyl (C=O) groups excluding carboxylic acids is 1. The highest BCUT2D eigenvalue weighted by Gasteiger charge is 2.11. The van der Waals surface area contributed by atoms with E-state index in [0.29, 0.717) is 12.5 Å². The van der Waals surface area contributed by atoms with Crippen molar-refractivity contribution in [2.45, 2.75) is 6.42 Å². The summed E-state index contributed by atoms with van der Waals surface area (Å²) in [4.78, 5) is 28.8. The van der Waals surface area contributed by atoms with E-state index in [1.807, 2.05) is 12.1 Å². The minimum absolute atomic E-state index is 0.224. The van der Waals surface area contributed by atoms with Crippen molar-refractivity contribution in [3.63, 3.8) is 0 Å². The van der Waals surface area contributed by atoms with Gasteiger partial charge in [-0.1, -0.05) is 0 Å². The van der Waals surface area contributed by atoms with Crippen LogP contribution < -0.4 is 0 Å². The minimum Gasteiger partial charge on any atom is -0.502 e. The van der Waals surface area contributed by atoms with Crippen LogP contribution >= 0.6 is 0 Å². The van der Waals surface area contributed by atoms with Gasteiger partial charge in [0.2, 0.25) is 11.5 Å². The maximum atomic E-state index is 11.7. The number of rotatable bonds is 5. The van der Waals surface area contributed by atoms with E-state index in [-0.39, 0.29) is 5.69 Å². The van der Waals surface area contributed by atoms with Crippen molar-refractivity contribution in [1.82, 2.24) is 9.97 Å². The number of nitrogens with one attached hydrogen (secondary N) is 1. The van der Waals surface area contributed by atoms with Crippen LogP contribution in [0.15, 0.2) is 48.6 Å². The Bertz CT molecular complexity index is 659. The van der Waals surface area contributed by atoms with Crippen LogP contribution in [0.3, 0.4) is 0 Å². The molecule has 20 heavy (non-hydrogen) atoms. The molecule has 0 aromatic carbocycles. The molecule has 0 saturated heterocycles. The molecule has 0 atom stereocenters. The zero-order valence-corrected chi connectivity index (χ0v) is 10.4. The van der Waals surface area contributed by atoms with Crippen LogP contribution in [0, 0.1) is 0 Å². The Balaban J connectivity index is 2.11. The minimum atomic E-state index is -1.54. The Morgan fingerprint density at radius 2 is 1.90 bits per heavy atom. The topological polar surface area (TPSA) is 103 Å². The molecule has 2 aromatic heterocycles. The molecular formula is C14H12N2O4. The fourth-order valence-corrected chi connectivity index (χ4v) is 1.68. The lowest BCUT2D eigenvalue weighted by atomic mass is 10.1. The van der Waals surface area contributed by atoms with Gasteiger partial charge in [-0.3, -0.25) is 9.78 Å². The zero-order valence-electron chi connectivity index (χ0n) is 10.4. The van der Waals surface area contributed by atoms with Gasteiger partial charge in [-0.05, 0) is 35.7 Å². The number of aliphatic hydroxyl groups excluding tert-OH is 1. The van der Waals surface area contributed by atoms with Crippen LogP contribution in [-0.2, 0) is 11.2 Å². The second-order valence-corrected chi connectivity index (χ2v) is 4.15. The van der Waals surface area contributed by atoms with E-state index in [2.05, 4.69) is 9.97 Å². The molecule has 0 aliphatic carbocycles. The summed E-state index contributed by atoms with van der Waals surface area (Å²) >= 11 is 0. The van der Waals surface area contributed by atoms with Gasteiger partial charge in [0, 0.05) is 24.7 Å². The zero-order chi connectivity index (χ0) is 14.5. The molecule has 0 amide bonds. The predicted molar refractivity (Wildman–Crippen MR) is 70.5 cm³/mol. The molecular weight excluding hydrogens is 260 g/mol. The monoisotopic (exact) mass is 272 g/mol. The number of nitrogens with zero attached hydrogens (tertiary/aromatic N) is 1. The number of hydrogen-bond acceptors (Lipinski definition) is 4. The quantitative estimate of drug-likeness (QED) is 0.436. The number of aliphatic carboxylic acids is 1. The van der Waals surface area contributed by atoms with E-state index >= 15 is 0 Å². The Morgan fingerprint density at radius 1 is 1.20 bits per heavy atom. The van der Waals surface area contributed by atoms with Crippen LogP contribution in [0.25, 0.3) is 0 Å². The molecule has 2 aromatic rings. The molecule has 0 radical (unpaired) electrons. The summed E-state index contributed by atoms with van der Waals surface area (Å²) in [7, 11) is 0. The third-order valence-electron chi connectivity index (χ3n) is 2.65. The van der Waals surface area contributed by atoms with E-state index < -0.39 is 17.5 Å². The van der Waals surface area contributed by atoms with Gasteiger partial charge in [-0.15, -0.1) is 0 Å². The lowest BCUT2D eigenvalue weighted by Crippen LogP contribution is -2.04. The average molecular weight is 272 g/mol. The lowest BCUT2D eigenvalue weighted by molar-refractivity contribution is -0.135. The van der Waals surface area contributed by atoms with Gasteiger partial charge >= 0.3 is 5.97 Å². The number of aliphatic hydroxyl groups is 1. The summed E-state index contributed by atoms with van der Waals surface area (Å²) in [6, 6.07) is 5.35. The van der Waals surface area contributed by atoms with Gasteiger partial charge in [0.1, 0.15) is 0 Å². The van der Waals surface area contributed by atoms with Crippen LogP contribution in [0.4, 0.5) is 0 Å².